The molecular weight excluding hydrogens is 360 g/mol. The highest BCUT2D eigenvalue weighted by molar-refractivity contribution is 8.14. The van der Waals surface area contributed by atoms with Gasteiger partial charge in [-0.3, -0.25) is 19.3 Å². The van der Waals surface area contributed by atoms with Crippen molar-refractivity contribution in [1.29, 1.82) is 0 Å². The smallest absolute Gasteiger partial charge is 0.289 e. The van der Waals surface area contributed by atoms with Gasteiger partial charge in [-0.1, -0.05) is 47.6 Å². The molecule has 1 N–H and O–H groups in total. The van der Waals surface area contributed by atoms with E-state index in [4.69, 9.17) is 11.6 Å². The molecular formula is C18H15ClN2O3S. The molecule has 1 saturated heterocycles. The molecule has 0 radical (unpaired) electrons. The lowest BCUT2D eigenvalue weighted by Crippen LogP contribution is -2.28. The number of carbonyl (C=O) groups excluding carboxylic acids is 3. The predicted molar refractivity (Wildman–Crippen MR) is 97.5 cm³/mol. The van der Waals surface area contributed by atoms with Gasteiger partial charge in [-0.15, -0.1) is 0 Å². The molecule has 1 aliphatic rings. The first kappa shape index (κ1) is 17.5. The summed E-state index contributed by atoms with van der Waals surface area (Å²) in [5, 5.41) is 3.24. The van der Waals surface area contributed by atoms with Crippen LogP contribution in [0.15, 0.2) is 48.5 Å². The van der Waals surface area contributed by atoms with Crippen LogP contribution in [0.1, 0.15) is 21.5 Å². The van der Waals surface area contributed by atoms with E-state index >= 15 is 0 Å². The van der Waals surface area contributed by atoms with Crippen LogP contribution < -0.4 is 5.32 Å². The minimum absolute atomic E-state index is 0.181. The first-order chi connectivity index (χ1) is 12.0. The highest BCUT2D eigenvalue weighted by Crippen LogP contribution is 2.21. The molecule has 0 bridgehead atoms. The fraction of sp³-hybridized carbons (Fsp3) is 0.167. The van der Waals surface area contributed by atoms with Gasteiger partial charge in [0.1, 0.15) is 0 Å². The van der Waals surface area contributed by atoms with Gasteiger partial charge in [0.05, 0.1) is 12.3 Å². The van der Waals surface area contributed by atoms with Crippen molar-refractivity contribution in [2.45, 2.75) is 13.1 Å². The average Bonchev–Trinajstić information content (AvgIpc) is 2.93. The normalized spacial score (nSPS) is 14.0. The number of hydrogen-bond acceptors (Lipinski definition) is 4. The molecule has 0 spiro atoms. The summed E-state index contributed by atoms with van der Waals surface area (Å²) in [7, 11) is 0. The molecule has 3 amide bonds. The van der Waals surface area contributed by atoms with E-state index in [1.807, 2.05) is 12.1 Å². The number of thioether (sulfide) groups is 1. The van der Waals surface area contributed by atoms with Crippen molar-refractivity contribution in [1.82, 2.24) is 10.2 Å². The Hall–Kier alpha value is -2.31. The van der Waals surface area contributed by atoms with Crippen LogP contribution in [0.4, 0.5) is 4.79 Å². The summed E-state index contributed by atoms with van der Waals surface area (Å²) in [6.45, 7) is 0.572. The minimum Gasteiger partial charge on any atom is -0.348 e. The lowest BCUT2D eigenvalue weighted by molar-refractivity contribution is -0.125. The van der Waals surface area contributed by atoms with Gasteiger partial charge in [-0.05, 0) is 35.4 Å². The van der Waals surface area contributed by atoms with Crippen molar-refractivity contribution >= 4 is 40.4 Å². The van der Waals surface area contributed by atoms with Gasteiger partial charge in [0.2, 0.25) is 5.91 Å². The topological polar surface area (TPSA) is 66.5 Å². The molecule has 2 aromatic rings. The highest BCUT2D eigenvalue weighted by Gasteiger charge is 2.29. The Kier molecular flexibility index (Phi) is 5.40. The van der Waals surface area contributed by atoms with Crippen molar-refractivity contribution in [3.8, 4) is 0 Å². The summed E-state index contributed by atoms with van der Waals surface area (Å²) in [6.07, 6.45) is 0. The summed E-state index contributed by atoms with van der Waals surface area (Å²) >= 11 is 6.84. The Labute approximate surface area is 154 Å². The third kappa shape index (κ3) is 4.41. The number of nitrogens with one attached hydrogen (secondary N) is 1. The predicted octanol–water partition coefficient (Wildman–Crippen LogP) is 3.47. The van der Waals surface area contributed by atoms with E-state index in [2.05, 4.69) is 5.32 Å². The second kappa shape index (κ2) is 7.72. The van der Waals surface area contributed by atoms with Gasteiger partial charge < -0.3 is 5.32 Å². The van der Waals surface area contributed by atoms with Gasteiger partial charge >= 0.3 is 0 Å². The highest BCUT2D eigenvalue weighted by atomic mass is 35.5. The molecule has 0 aromatic heterocycles. The monoisotopic (exact) mass is 374 g/mol. The molecule has 1 heterocycles. The first-order valence-electron chi connectivity index (χ1n) is 7.61. The maximum atomic E-state index is 12.3. The Morgan fingerprint density at radius 2 is 1.88 bits per heavy atom. The molecule has 25 heavy (non-hydrogen) atoms. The molecule has 128 valence electrons. The zero-order chi connectivity index (χ0) is 17.8. The molecule has 0 saturated carbocycles. The van der Waals surface area contributed by atoms with Crippen LogP contribution in [0.2, 0.25) is 5.02 Å². The van der Waals surface area contributed by atoms with Gasteiger partial charge in [0.15, 0.2) is 0 Å². The van der Waals surface area contributed by atoms with E-state index in [1.54, 1.807) is 36.4 Å². The maximum Gasteiger partial charge on any atom is 0.289 e. The minimum atomic E-state index is -0.248. The number of benzene rings is 2. The van der Waals surface area contributed by atoms with Crippen LogP contribution in [0, 0.1) is 0 Å². The lowest BCUT2D eigenvalue weighted by Gasteiger charge is -2.13. The van der Waals surface area contributed by atoms with Crippen LogP contribution in [0.3, 0.4) is 0 Å². The molecule has 0 aliphatic carbocycles. The number of amides is 3. The number of carbonyl (C=O) groups is 3. The fourth-order valence-corrected chi connectivity index (χ4v) is 3.26. The van der Waals surface area contributed by atoms with Gasteiger partial charge in [0, 0.05) is 17.1 Å². The number of hydrogen-bond donors (Lipinski definition) is 1. The molecule has 0 unspecified atom stereocenters. The van der Waals surface area contributed by atoms with E-state index < -0.39 is 0 Å². The molecule has 3 rings (SSSR count). The molecule has 1 fully saturated rings. The van der Waals surface area contributed by atoms with Crippen molar-refractivity contribution in [3.05, 3.63) is 70.2 Å². The molecule has 1 aliphatic heterocycles. The van der Waals surface area contributed by atoms with Gasteiger partial charge in [-0.25, -0.2) is 0 Å². The number of halogens is 1. The quantitative estimate of drug-likeness (QED) is 0.870. The van der Waals surface area contributed by atoms with Crippen molar-refractivity contribution in [2.75, 3.05) is 5.75 Å². The second-order valence-electron chi connectivity index (χ2n) is 5.54. The summed E-state index contributed by atoms with van der Waals surface area (Å²) in [5.41, 5.74) is 2.17. The number of imide groups is 1. The van der Waals surface area contributed by atoms with Gasteiger partial charge in [0.25, 0.3) is 11.1 Å². The van der Waals surface area contributed by atoms with Crippen LogP contribution >= 0.6 is 23.4 Å². The van der Waals surface area contributed by atoms with E-state index in [1.165, 1.54) is 4.90 Å². The van der Waals surface area contributed by atoms with Crippen molar-refractivity contribution in [3.63, 3.8) is 0 Å². The van der Waals surface area contributed by atoms with Crippen LogP contribution in [-0.4, -0.2) is 27.7 Å². The lowest BCUT2D eigenvalue weighted by atomic mass is 10.1. The second-order valence-corrected chi connectivity index (χ2v) is 6.91. The molecule has 2 aromatic carbocycles. The SMILES string of the molecule is O=C(NCc1ccc(Cl)cc1)c1cccc(CN2C(=O)CSC2=O)c1. The summed E-state index contributed by atoms with van der Waals surface area (Å²) in [5.74, 6) is -0.238. The largest absolute Gasteiger partial charge is 0.348 e. The van der Waals surface area contributed by atoms with Gasteiger partial charge in [-0.2, -0.15) is 0 Å². The van der Waals surface area contributed by atoms with Crippen LogP contribution in [-0.2, 0) is 17.9 Å². The zero-order valence-electron chi connectivity index (χ0n) is 13.2. The van der Waals surface area contributed by atoms with Crippen molar-refractivity contribution < 1.29 is 14.4 Å². The zero-order valence-corrected chi connectivity index (χ0v) is 14.8. The third-order valence-corrected chi connectivity index (χ3v) is 4.85. The standard InChI is InChI=1S/C18H15ClN2O3S/c19-15-6-4-12(5-7-15)9-20-17(23)14-3-1-2-13(8-14)10-21-16(22)11-25-18(21)24/h1-8H,9-11H2,(H,20,23). The Balaban J connectivity index is 1.64. The maximum absolute atomic E-state index is 12.3. The van der Waals surface area contributed by atoms with Crippen LogP contribution in [0.5, 0.6) is 0 Å². The van der Waals surface area contributed by atoms with E-state index in [-0.39, 0.29) is 29.4 Å². The fourth-order valence-electron chi connectivity index (χ4n) is 2.41. The first-order valence-corrected chi connectivity index (χ1v) is 8.98. The average molecular weight is 375 g/mol. The molecule has 5 nitrogen and oxygen atoms in total. The molecule has 7 heteroatoms. The van der Waals surface area contributed by atoms with E-state index in [0.717, 1.165) is 22.9 Å². The number of nitrogens with zero attached hydrogens (tertiary/aromatic N) is 1. The summed E-state index contributed by atoms with van der Waals surface area (Å²) < 4.78 is 0. The summed E-state index contributed by atoms with van der Waals surface area (Å²) in [6, 6.07) is 14.2. The number of rotatable bonds is 5. The van der Waals surface area contributed by atoms with Crippen LogP contribution in [0.25, 0.3) is 0 Å². The molecule has 0 atom stereocenters. The van der Waals surface area contributed by atoms with Crippen molar-refractivity contribution in [2.24, 2.45) is 0 Å². The Bertz CT molecular complexity index is 807. The Morgan fingerprint density at radius 3 is 2.56 bits per heavy atom. The van der Waals surface area contributed by atoms with E-state index in [0.29, 0.717) is 17.1 Å². The third-order valence-electron chi connectivity index (χ3n) is 3.74. The summed E-state index contributed by atoms with van der Waals surface area (Å²) in [4.78, 5) is 36.9. The van der Waals surface area contributed by atoms with E-state index in [9.17, 15) is 14.4 Å². The Morgan fingerprint density at radius 1 is 1.12 bits per heavy atom.